The second-order valence-corrected chi connectivity index (χ2v) is 7.24. The van der Waals surface area contributed by atoms with Gasteiger partial charge in [0.2, 0.25) is 0 Å². The minimum Gasteiger partial charge on any atom is -0.479 e. The molecule has 23 heavy (non-hydrogen) atoms. The molecule has 0 aromatic carbocycles. The van der Waals surface area contributed by atoms with Crippen molar-refractivity contribution in [2.75, 3.05) is 0 Å². The molecule has 0 aromatic heterocycles. The lowest BCUT2D eigenvalue weighted by Gasteiger charge is -2.43. The minimum absolute atomic E-state index is 0.171. The van der Waals surface area contributed by atoms with E-state index in [0.29, 0.717) is 11.8 Å². The standard InChI is InChI=1S/C16H28O7/c1-7(2)9-5-4-8(3)6-10(9)22-16-13(19)11(17)12(18)14(23-16)15(20)21/h7-14,16-19H,4-6H2,1-3H3,(H,20,21)/t8?,9?,10?,11-,12-,13+,14-,16?/m0/s1. The highest BCUT2D eigenvalue weighted by Gasteiger charge is 2.48. The van der Waals surface area contributed by atoms with Crippen LogP contribution in [0.25, 0.3) is 0 Å². The predicted octanol–water partition coefficient (Wildman–Crippen LogP) is 0.356. The van der Waals surface area contributed by atoms with Gasteiger partial charge in [0, 0.05) is 0 Å². The number of ether oxygens (including phenoxy) is 2. The van der Waals surface area contributed by atoms with Gasteiger partial charge in [-0.1, -0.05) is 27.2 Å². The molecule has 4 unspecified atom stereocenters. The molecule has 7 nitrogen and oxygen atoms in total. The number of carboxylic acids is 1. The van der Waals surface area contributed by atoms with E-state index in [1.54, 1.807) is 0 Å². The third-order valence-electron chi connectivity index (χ3n) is 5.08. The topological polar surface area (TPSA) is 116 Å². The van der Waals surface area contributed by atoms with Crippen LogP contribution in [0.3, 0.4) is 0 Å². The summed E-state index contributed by atoms with van der Waals surface area (Å²) in [5.41, 5.74) is 0. The van der Waals surface area contributed by atoms with Crippen molar-refractivity contribution in [3.05, 3.63) is 0 Å². The number of carboxylic acid groups (broad SMARTS) is 1. The molecule has 134 valence electrons. The van der Waals surface area contributed by atoms with E-state index in [9.17, 15) is 20.1 Å². The molecule has 0 bridgehead atoms. The highest BCUT2D eigenvalue weighted by Crippen LogP contribution is 2.37. The van der Waals surface area contributed by atoms with Crippen LogP contribution in [0.15, 0.2) is 0 Å². The molecular formula is C16H28O7. The van der Waals surface area contributed by atoms with E-state index in [-0.39, 0.29) is 12.0 Å². The smallest absolute Gasteiger partial charge is 0.335 e. The van der Waals surface area contributed by atoms with Crippen molar-refractivity contribution in [3.8, 4) is 0 Å². The van der Waals surface area contributed by atoms with Crippen LogP contribution in [0.4, 0.5) is 0 Å². The second-order valence-electron chi connectivity index (χ2n) is 7.24. The van der Waals surface area contributed by atoms with Gasteiger partial charge in [0.05, 0.1) is 6.10 Å². The monoisotopic (exact) mass is 332 g/mol. The zero-order valence-corrected chi connectivity index (χ0v) is 13.8. The van der Waals surface area contributed by atoms with Gasteiger partial charge < -0.3 is 29.9 Å². The number of rotatable bonds is 4. The van der Waals surface area contributed by atoms with Crippen molar-refractivity contribution < 1.29 is 34.7 Å². The molecule has 0 amide bonds. The van der Waals surface area contributed by atoms with Crippen LogP contribution >= 0.6 is 0 Å². The lowest BCUT2D eigenvalue weighted by Crippen LogP contribution is -2.61. The summed E-state index contributed by atoms with van der Waals surface area (Å²) in [5, 5.41) is 38.7. The molecule has 0 spiro atoms. The Morgan fingerprint density at radius 1 is 1.13 bits per heavy atom. The van der Waals surface area contributed by atoms with Crippen LogP contribution in [0.2, 0.25) is 0 Å². The molecule has 7 heteroatoms. The Labute approximate surface area is 136 Å². The first-order valence-corrected chi connectivity index (χ1v) is 8.30. The lowest BCUT2D eigenvalue weighted by molar-refractivity contribution is -0.311. The van der Waals surface area contributed by atoms with Crippen molar-refractivity contribution >= 4 is 5.97 Å². The molecule has 1 aliphatic heterocycles. The van der Waals surface area contributed by atoms with E-state index in [1.165, 1.54) is 0 Å². The van der Waals surface area contributed by atoms with Gasteiger partial charge in [-0.3, -0.25) is 0 Å². The summed E-state index contributed by atoms with van der Waals surface area (Å²) < 4.78 is 11.1. The van der Waals surface area contributed by atoms with Gasteiger partial charge >= 0.3 is 5.97 Å². The zero-order valence-electron chi connectivity index (χ0n) is 13.8. The van der Waals surface area contributed by atoms with Crippen LogP contribution in [-0.4, -0.2) is 63.2 Å². The quantitative estimate of drug-likeness (QED) is 0.587. The molecule has 2 fully saturated rings. The summed E-state index contributed by atoms with van der Waals surface area (Å²) >= 11 is 0. The fourth-order valence-corrected chi connectivity index (χ4v) is 3.61. The number of carbonyl (C=O) groups is 1. The fraction of sp³-hybridized carbons (Fsp3) is 0.938. The summed E-state index contributed by atoms with van der Waals surface area (Å²) in [7, 11) is 0. The van der Waals surface area contributed by atoms with Crippen LogP contribution < -0.4 is 0 Å². The molecule has 0 aromatic rings. The Morgan fingerprint density at radius 3 is 2.35 bits per heavy atom. The normalized spacial score (nSPS) is 45.2. The van der Waals surface area contributed by atoms with E-state index >= 15 is 0 Å². The Balaban J connectivity index is 2.11. The first-order valence-electron chi connectivity index (χ1n) is 8.30. The van der Waals surface area contributed by atoms with E-state index in [0.717, 1.165) is 19.3 Å². The molecule has 1 heterocycles. The summed E-state index contributed by atoms with van der Waals surface area (Å²) in [5.74, 6) is -0.246. The van der Waals surface area contributed by atoms with Crippen molar-refractivity contribution in [3.63, 3.8) is 0 Å². The Bertz CT molecular complexity index is 413. The molecular weight excluding hydrogens is 304 g/mol. The molecule has 2 rings (SSSR count). The molecule has 4 N–H and O–H groups in total. The third kappa shape index (κ3) is 4.03. The van der Waals surface area contributed by atoms with Gasteiger partial charge in [0.25, 0.3) is 0 Å². The number of aliphatic hydroxyl groups excluding tert-OH is 3. The summed E-state index contributed by atoms with van der Waals surface area (Å²) in [6.45, 7) is 6.34. The maximum Gasteiger partial charge on any atom is 0.335 e. The zero-order chi connectivity index (χ0) is 17.3. The van der Waals surface area contributed by atoms with Crippen LogP contribution in [0.5, 0.6) is 0 Å². The maximum absolute atomic E-state index is 11.1. The average molecular weight is 332 g/mol. The van der Waals surface area contributed by atoms with Crippen molar-refractivity contribution in [2.24, 2.45) is 17.8 Å². The Morgan fingerprint density at radius 2 is 1.78 bits per heavy atom. The maximum atomic E-state index is 11.1. The summed E-state index contributed by atoms with van der Waals surface area (Å²) in [6.07, 6.45) is -4.92. The van der Waals surface area contributed by atoms with E-state index in [4.69, 9.17) is 14.6 Å². The van der Waals surface area contributed by atoms with Gasteiger partial charge in [-0.2, -0.15) is 0 Å². The predicted molar refractivity (Wildman–Crippen MR) is 80.5 cm³/mol. The molecule has 0 radical (unpaired) electrons. The van der Waals surface area contributed by atoms with Crippen LogP contribution in [0.1, 0.15) is 40.0 Å². The van der Waals surface area contributed by atoms with Gasteiger partial charge in [0.1, 0.15) is 18.3 Å². The SMILES string of the molecule is CC1CCC(C(C)C)C(OC2O[C@H](C(=O)O)[C@@H](O)[C@H](O)[C@H]2O)C1. The van der Waals surface area contributed by atoms with Gasteiger partial charge in [0.15, 0.2) is 12.4 Å². The van der Waals surface area contributed by atoms with Crippen molar-refractivity contribution in [2.45, 2.75) is 76.8 Å². The number of aliphatic hydroxyl groups is 3. The number of hydrogen-bond donors (Lipinski definition) is 4. The lowest BCUT2D eigenvalue weighted by atomic mass is 9.75. The van der Waals surface area contributed by atoms with Gasteiger partial charge in [-0.15, -0.1) is 0 Å². The first-order chi connectivity index (χ1) is 10.7. The van der Waals surface area contributed by atoms with Crippen molar-refractivity contribution in [1.29, 1.82) is 0 Å². The largest absolute Gasteiger partial charge is 0.479 e. The van der Waals surface area contributed by atoms with E-state index in [1.807, 2.05) is 0 Å². The Hall–Kier alpha value is -0.730. The highest BCUT2D eigenvalue weighted by molar-refractivity contribution is 5.73. The number of aliphatic carboxylic acids is 1. The van der Waals surface area contributed by atoms with Crippen LogP contribution in [0, 0.1) is 17.8 Å². The van der Waals surface area contributed by atoms with Gasteiger partial charge in [-0.05, 0) is 30.6 Å². The third-order valence-corrected chi connectivity index (χ3v) is 5.08. The Kier molecular flexibility index (Phi) is 6.02. The van der Waals surface area contributed by atoms with E-state index in [2.05, 4.69) is 20.8 Å². The summed E-state index contributed by atoms with van der Waals surface area (Å²) in [6, 6.07) is 0. The molecule has 8 atom stereocenters. The first kappa shape index (κ1) is 18.6. The molecule has 2 aliphatic rings. The minimum atomic E-state index is -1.69. The van der Waals surface area contributed by atoms with Crippen LogP contribution in [-0.2, 0) is 14.3 Å². The second kappa shape index (κ2) is 7.44. The molecule has 1 aliphatic carbocycles. The van der Waals surface area contributed by atoms with E-state index < -0.39 is 36.7 Å². The van der Waals surface area contributed by atoms with Crippen molar-refractivity contribution in [1.82, 2.24) is 0 Å². The average Bonchev–Trinajstić information content (AvgIpc) is 2.47. The fourth-order valence-electron chi connectivity index (χ4n) is 3.61. The number of hydrogen-bond acceptors (Lipinski definition) is 6. The van der Waals surface area contributed by atoms with Gasteiger partial charge in [-0.25, -0.2) is 4.79 Å². The molecule has 1 saturated heterocycles. The molecule has 1 saturated carbocycles. The summed E-state index contributed by atoms with van der Waals surface area (Å²) in [4.78, 5) is 11.1. The highest BCUT2D eigenvalue weighted by atomic mass is 16.7.